The van der Waals surface area contributed by atoms with Crippen molar-refractivity contribution in [2.45, 2.75) is 33.4 Å². The number of H-pyrrole nitrogens is 1. The van der Waals surface area contributed by atoms with E-state index in [9.17, 15) is 4.79 Å². The van der Waals surface area contributed by atoms with E-state index >= 15 is 0 Å². The molecule has 2 aromatic carbocycles. The van der Waals surface area contributed by atoms with E-state index in [2.05, 4.69) is 50.2 Å². The number of nitrogens with zero attached hydrogens (tertiary/aromatic N) is 6. The van der Waals surface area contributed by atoms with Gasteiger partial charge in [-0.15, -0.1) is 5.10 Å². The number of pyridine rings is 1. The van der Waals surface area contributed by atoms with Gasteiger partial charge < -0.3 is 14.6 Å². The first-order valence-corrected chi connectivity index (χ1v) is 12.5. The average molecular weight is 488 g/mol. The van der Waals surface area contributed by atoms with Crippen LogP contribution >= 0.6 is 0 Å². The van der Waals surface area contributed by atoms with Crippen LogP contribution in [0.3, 0.4) is 0 Å². The molecule has 0 saturated carbocycles. The fourth-order valence-electron chi connectivity index (χ4n) is 5.15. The van der Waals surface area contributed by atoms with E-state index in [4.69, 9.17) is 4.74 Å². The quantitative estimate of drug-likeness (QED) is 0.429. The van der Waals surface area contributed by atoms with Gasteiger partial charge in [-0.25, -0.2) is 4.68 Å². The monoisotopic (exact) mass is 487 g/mol. The second kappa shape index (κ2) is 10.2. The predicted octanol–water partition coefficient (Wildman–Crippen LogP) is 2.92. The summed E-state index contributed by atoms with van der Waals surface area (Å²) in [5, 5.41) is 13.9. The Morgan fingerprint density at radius 3 is 2.50 bits per heavy atom. The number of aromatic nitrogens is 5. The summed E-state index contributed by atoms with van der Waals surface area (Å²) in [5.41, 5.74) is 4.74. The summed E-state index contributed by atoms with van der Waals surface area (Å²) >= 11 is 0. The zero-order valence-corrected chi connectivity index (χ0v) is 21.4. The van der Waals surface area contributed by atoms with Crippen molar-refractivity contribution in [3.63, 3.8) is 0 Å². The van der Waals surface area contributed by atoms with Crippen molar-refractivity contribution in [3.05, 3.63) is 80.9 Å². The fourth-order valence-corrected chi connectivity index (χ4v) is 5.15. The van der Waals surface area contributed by atoms with Crippen molar-refractivity contribution in [3.8, 4) is 5.75 Å². The molecule has 1 aliphatic rings. The number of aromatic amines is 1. The molecule has 0 amide bonds. The number of tetrazole rings is 1. The SMILES string of the molecule is CCN1CCN(C(c2cc3c(C)cc(C)cc3[nH]c2=O)c2nnnn2Cc2ccc(OC)cc2)CC1. The number of nitrogens with one attached hydrogen (secondary N) is 1. The number of hydrogen-bond donors (Lipinski definition) is 1. The van der Waals surface area contributed by atoms with Gasteiger partial charge in [-0.05, 0) is 71.8 Å². The van der Waals surface area contributed by atoms with Crippen LogP contribution in [0.1, 0.15) is 41.0 Å². The molecule has 0 radical (unpaired) electrons. The number of ether oxygens (including phenoxy) is 1. The largest absolute Gasteiger partial charge is 0.497 e. The predicted molar refractivity (Wildman–Crippen MR) is 139 cm³/mol. The molecule has 1 saturated heterocycles. The minimum atomic E-state index is -0.355. The van der Waals surface area contributed by atoms with Gasteiger partial charge in [0.2, 0.25) is 0 Å². The molecule has 1 unspecified atom stereocenters. The molecule has 1 N–H and O–H groups in total. The average Bonchev–Trinajstić information content (AvgIpc) is 3.33. The highest BCUT2D eigenvalue weighted by Crippen LogP contribution is 2.29. The number of methoxy groups -OCH3 is 1. The van der Waals surface area contributed by atoms with Gasteiger partial charge in [-0.3, -0.25) is 9.69 Å². The third kappa shape index (κ3) is 4.76. The molecular formula is C27H33N7O2. The Labute approximate surface area is 210 Å². The number of aryl methyl sites for hydroxylation is 2. The van der Waals surface area contributed by atoms with Gasteiger partial charge in [-0.2, -0.15) is 0 Å². The van der Waals surface area contributed by atoms with E-state index in [1.54, 1.807) is 7.11 Å². The molecule has 2 aromatic heterocycles. The summed E-state index contributed by atoms with van der Waals surface area (Å²) in [5.74, 6) is 1.47. The topological polar surface area (TPSA) is 92.2 Å². The lowest BCUT2D eigenvalue weighted by atomic mass is 9.99. The highest BCUT2D eigenvalue weighted by molar-refractivity contribution is 5.83. The highest BCUT2D eigenvalue weighted by Gasteiger charge is 2.32. The summed E-state index contributed by atoms with van der Waals surface area (Å²) in [6.45, 7) is 11.4. The Hall–Kier alpha value is -3.56. The van der Waals surface area contributed by atoms with E-state index in [0.29, 0.717) is 17.9 Å². The van der Waals surface area contributed by atoms with Crippen LogP contribution in [0.25, 0.3) is 10.9 Å². The molecule has 1 aliphatic heterocycles. The van der Waals surface area contributed by atoms with E-state index in [1.165, 1.54) is 0 Å². The number of hydrogen-bond acceptors (Lipinski definition) is 7. The van der Waals surface area contributed by atoms with Crippen LogP contribution in [0.2, 0.25) is 0 Å². The third-order valence-electron chi connectivity index (χ3n) is 7.15. The Morgan fingerprint density at radius 1 is 1.06 bits per heavy atom. The maximum Gasteiger partial charge on any atom is 0.253 e. The van der Waals surface area contributed by atoms with Gasteiger partial charge in [-0.1, -0.05) is 25.1 Å². The third-order valence-corrected chi connectivity index (χ3v) is 7.15. The smallest absolute Gasteiger partial charge is 0.253 e. The number of benzene rings is 2. The summed E-state index contributed by atoms with van der Waals surface area (Å²) in [6, 6.07) is 13.7. The molecule has 0 aliphatic carbocycles. The molecule has 1 atom stereocenters. The Balaban J connectivity index is 1.59. The lowest BCUT2D eigenvalue weighted by Gasteiger charge is -2.38. The minimum Gasteiger partial charge on any atom is -0.497 e. The molecule has 0 bridgehead atoms. The lowest BCUT2D eigenvalue weighted by molar-refractivity contribution is 0.108. The highest BCUT2D eigenvalue weighted by atomic mass is 16.5. The first kappa shape index (κ1) is 24.1. The van der Waals surface area contributed by atoms with E-state index in [1.807, 2.05) is 48.0 Å². The van der Waals surface area contributed by atoms with Crippen LogP contribution in [-0.2, 0) is 6.54 Å². The summed E-state index contributed by atoms with van der Waals surface area (Å²) < 4.78 is 7.10. The lowest BCUT2D eigenvalue weighted by Crippen LogP contribution is -2.49. The summed E-state index contributed by atoms with van der Waals surface area (Å²) in [7, 11) is 1.65. The van der Waals surface area contributed by atoms with E-state index < -0.39 is 0 Å². The van der Waals surface area contributed by atoms with Crippen molar-refractivity contribution >= 4 is 10.9 Å². The van der Waals surface area contributed by atoms with Crippen molar-refractivity contribution in [1.82, 2.24) is 35.0 Å². The van der Waals surface area contributed by atoms with Crippen molar-refractivity contribution in [2.24, 2.45) is 0 Å². The van der Waals surface area contributed by atoms with Crippen LogP contribution in [0.15, 0.2) is 47.3 Å². The van der Waals surface area contributed by atoms with E-state index in [-0.39, 0.29) is 11.6 Å². The zero-order chi connectivity index (χ0) is 25.2. The molecule has 36 heavy (non-hydrogen) atoms. The first-order valence-electron chi connectivity index (χ1n) is 12.5. The fraction of sp³-hybridized carbons (Fsp3) is 0.407. The molecule has 4 aromatic rings. The standard InChI is InChI=1S/C27H33N7O2/c1-5-32-10-12-33(13-11-32)25(23-16-22-19(3)14-18(2)15-24(22)28-27(23)35)26-29-30-31-34(26)17-20-6-8-21(36-4)9-7-20/h6-9,14-16,25H,5,10-13,17H2,1-4H3,(H,28,35). The van der Waals surface area contributed by atoms with Gasteiger partial charge in [0.25, 0.3) is 5.56 Å². The maximum absolute atomic E-state index is 13.5. The molecule has 9 nitrogen and oxygen atoms in total. The van der Waals surface area contributed by atoms with Crippen molar-refractivity contribution < 1.29 is 4.74 Å². The Kier molecular flexibility index (Phi) is 6.84. The number of fused-ring (bicyclic) bond motifs is 1. The zero-order valence-electron chi connectivity index (χ0n) is 21.4. The number of piperazine rings is 1. The number of rotatable bonds is 7. The van der Waals surface area contributed by atoms with Crippen LogP contribution < -0.4 is 10.3 Å². The maximum atomic E-state index is 13.5. The molecule has 0 spiro atoms. The van der Waals surface area contributed by atoms with E-state index in [0.717, 1.165) is 66.1 Å². The normalized spacial score (nSPS) is 15.9. The van der Waals surface area contributed by atoms with Crippen LogP contribution in [0, 0.1) is 13.8 Å². The van der Waals surface area contributed by atoms with Crippen molar-refractivity contribution in [2.75, 3.05) is 39.8 Å². The second-order valence-electron chi connectivity index (χ2n) is 9.51. The Bertz CT molecular complexity index is 1400. The van der Waals surface area contributed by atoms with Crippen LogP contribution in [0.4, 0.5) is 0 Å². The summed E-state index contributed by atoms with van der Waals surface area (Å²) in [4.78, 5) is 21.4. The van der Waals surface area contributed by atoms with Crippen LogP contribution in [-0.4, -0.2) is 74.8 Å². The molecule has 5 rings (SSSR count). The van der Waals surface area contributed by atoms with Gasteiger partial charge >= 0.3 is 0 Å². The van der Waals surface area contributed by atoms with Crippen LogP contribution in [0.5, 0.6) is 5.75 Å². The van der Waals surface area contributed by atoms with Crippen molar-refractivity contribution in [1.29, 1.82) is 0 Å². The van der Waals surface area contributed by atoms with Gasteiger partial charge in [0.1, 0.15) is 11.8 Å². The summed E-state index contributed by atoms with van der Waals surface area (Å²) in [6.07, 6.45) is 0. The Morgan fingerprint density at radius 2 is 1.81 bits per heavy atom. The first-order chi connectivity index (χ1) is 17.5. The molecule has 9 heteroatoms. The van der Waals surface area contributed by atoms with Gasteiger partial charge in [0.15, 0.2) is 5.82 Å². The molecule has 3 heterocycles. The van der Waals surface area contributed by atoms with Gasteiger partial charge in [0, 0.05) is 42.6 Å². The molecule has 188 valence electrons. The van der Waals surface area contributed by atoms with Gasteiger partial charge in [0.05, 0.1) is 13.7 Å². The second-order valence-corrected chi connectivity index (χ2v) is 9.51. The minimum absolute atomic E-state index is 0.102. The molecular weight excluding hydrogens is 454 g/mol. The molecule has 1 fully saturated rings. The number of likely N-dealkylation sites (N-methyl/N-ethyl adjacent to an activating group) is 1.